The minimum Gasteiger partial charge on any atom is -0.394 e. The second-order valence-electron chi connectivity index (χ2n) is 17.9. The number of hydrogen-bond donors (Lipinski definition) is 3. The van der Waals surface area contributed by atoms with E-state index in [1.807, 2.05) is 6.08 Å². The molecule has 0 heterocycles. The zero-order valence-corrected chi connectivity index (χ0v) is 40.2. The van der Waals surface area contributed by atoms with Gasteiger partial charge in [-0.15, -0.1) is 0 Å². The number of unbranched alkanes of at least 4 members (excludes halogenated alkanes) is 33. The molecule has 0 saturated heterocycles. The molecule has 0 aromatic heterocycles. The second kappa shape index (κ2) is 51.4. The summed E-state index contributed by atoms with van der Waals surface area (Å²) in [6.07, 6.45) is 72.3. The minimum absolute atomic E-state index is 0.0772. The first-order valence-corrected chi connectivity index (χ1v) is 26.5. The molecule has 3 N–H and O–H groups in total. The molecule has 0 aromatic rings. The molecule has 1 amide bonds. The number of carbonyl (C=O) groups is 1. The number of amides is 1. The van der Waals surface area contributed by atoms with Gasteiger partial charge in [-0.1, -0.05) is 248 Å². The van der Waals surface area contributed by atoms with Crippen LogP contribution in [0.3, 0.4) is 0 Å². The van der Waals surface area contributed by atoms with Crippen LogP contribution in [0.15, 0.2) is 60.8 Å². The van der Waals surface area contributed by atoms with Crippen molar-refractivity contribution < 1.29 is 15.0 Å². The van der Waals surface area contributed by atoms with Crippen LogP contribution in [0.25, 0.3) is 0 Å². The summed E-state index contributed by atoms with van der Waals surface area (Å²) in [5, 5.41) is 23.0. The van der Waals surface area contributed by atoms with Crippen LogP contribution in [0, 0.1) is 0 Å². The topological polar surface area (TPSA) is 69.6 Å². The Balaban J connectivity index is 3.50. The number of carbonyl (C=O) groups excluding carboxylic acids is 1. The van der Waals surface area contributed by atoms with E-state index in [0.717, 1.165) is 44.9 Å². The second-order valence-corrected chi connectivity index (χ2v) is 17.9. The van der Waals surface area contributed by atoms with Crippen molar-refractivity contribution in [3.05, 3.63) is 60.8 Å². The van der Waals surface area contributed by atoms with Gasteiger partial charge in [-0.3, -0.25) is 4.79 Å². The third-order valence-electron chi connectivity index (χ3n) is 12.0. The van der Waals surface area contributed by atoms with Crippen molar-refractivity contribution in [1.29, 1.82) is 0 Å². The summed E-state index contributed by atoms with van der Waals surface area (Å²) in [4.78, 5) is 12.4. The van der Waals surface area contributed by atoms with Gasteiger partial charge in [0.05, 0.1) is 18.8 Å². The third-order valence-corrected chi connectivity index (χ3v) is 12.0. The zero-order chi connectivity index (χ0) is 43.5. The molecule has 4 heteroatoms. The number of rotatable bonds is 48. The van der Waals surface area contributed by atoms with Crippen LogP contribution < -0.4 is 5.32 Å². The SMILES string of the molecule is CCCCCCC/C=C/CC/C=C/CC/C=C/C(O)C(CO)NC(=O)CCCCCCCCCCCCCCCCCCC/C=C\C/C=C\CCCCCCCCCCC. The molecule has 0 aliphatic carbocycles. The van der Waals surface area contributed by atoms with Crippen molar-refractivity contribution in [2.24, 2.45) is 0 Å². The monoisotopic (exact) mass is 838 g/mol. The Hall–Kier alpha value is -1.91. The molecule has 0 saturated carbocycles. The van der Waals surface area contributed by atoms with Crippen molar-refractivity contribution in [3.63, 3.8) is 0 Å². The van der Waals surface area contributed by atoms with Crippen LogP contribution in [0.2, 0.25) is 0 Å². The smallest absolute Gasteiger partial charge is 0.220 e. The molecule has 0 fully saturated rings. The molecular formula is C56H103NO3. The molecular weight excluding hydrogens is 735 g/mol. The standard InChI is InChI=1S/C56H103NO3/c1-3-5-7-9-11-13-15-17-19-20-21-22-23-24-25-26-27-28-29-30-31-32-33-34-35-36-38-40-42-44-46-48-50-52-56(60)57-54(53-58)55(59)51-49-47-45-43-41-39-37-18-16-14-12-10-8-6-4-2/h16,18,21-22,24-25,41,43,49,51,54-55,58-59H,3-15,17,19-20,23,26-40,42,44-48,50,52-53H2,1-2H3,(H,57,60)/b18-16+,22-21-,25-24-,43-41+,51-49+. The average Bonchev–Trinajstić information content (AvgIpc) is 3.25. The van der Waals surface area contributed by atoms with Crippen molar-refractivity contribution in [1.82, 2.24) is 5.32 Å². The summed E-state index contributed by atoms with van der Waals surface area (Å²) in [6, 6.07) is -0.646. The highest BCUT2D eigenvalue weighted by Gasteiger charge is 2.17. The molecule has 0 aliphatic heterocycles. The molecule has 0 bridgehead atoms. The van der Waals surface area contributed by atoms with Crippen LogP contribution in [0.4, 0.5) is 0 Å². The van der Waals surface area contributed by atoms with E-state index in [9.17, 15) is 15.0 Å². The molecule has 0 rings (SSSR count). The van der Waals surface area contributed by atoms with Crippen molar-refractivity contribution in [3.8, 4) is 0 Å². The van der Waals surface area contributed by atoms with Gasteiger partial charge in [0, 0.05) is 6.42 Å². The molecule has 0 aromatic carbocycles. The van der Waals surface area contributed by atoms with Crippen LogP contribution >= 0.6 is 0 Å². The van der Waals surface area contributed by atoms with E-state index in [4.69, 9.17) is 0 Å². The van der Waals surface area contributed by atoms with E-state index < -0.39 is 12.1 Å². The molecule has 350 valence electrons. The van der Waals surface area contributed by atoms with Gasteiger partial charge in [-0.25, -0.2) is 0 Å². The molecule has 2 unspecified atom stereocenters. The summed E-state index contributed by atoms with van der Waals surface area (Å²) in [5.41, 5.74) is 0. The van der Waals surface area contributed by atoms with Gasteiger partial charge in [0.15, 0.2) is 0 Å². The highest BCUT2D eigenvalue weighted by molar-refractivity contribution is 5.76. The lowest BCUT2D eigenvalue weighted by atomic mass is 10.0. The number of aliphatic hydroxyl groups excluding tert-OH is 2. The van der Waals surface area contributed by atoms with Crippen molar-refractivity contribution >= 4 is 5.91 Å². The molecule has 0 spiro atoms. The van der Waals surface area contributed by atoms with E-state index in [1.165, 1.54) is 205 Å². The number of aliphatic hydroxyl groups is 2. The van der Waals surface area contributed by atoms with Crippen molar-refractivity contribution in [2.45, 2.75) is 283 Å². The van der Waals surface area contributed by atoms with Gasteiger partial charge < -0.3 is 15.5 Å². The fourth-order valence-corrected chi connectivity index (χ4v) is 7.89. The third kappa shape index (κ3) is 47.1. The Morgan fingerprint density at radius 2 is 0.700 bits per heavy atom. The molecule has 0 aliphatic rings. The van der Waals surface area contributed by atoms with E-state index in [0.29, 0.717) is 6.42 Å². The minimum atomic E-state index is -0.870. The zero-order valence-electron chi connectivity index (χ0n) is 40.2. The Kier molecular flexibility index (Phi) is 49.8. The summed E-state index contributed by atoms with van der Waals surface area (Å²) in [5.74, 6) is -0.0772. The normalized spacial score (nSPS) is 13.3. The Morgan fingerprint density at radius 3 is 1.07 bits per heavy atom. The average molecular weight is 838 g/mol. The van der Waals surface area contributed by atoms with Crippen LogP contribution in [0.1, 0.15) is 271 Å². The van der Waals surface area contributed by atoms with Gasteiger partial charge in [0.2, 0.25) is 5.91 Å². The Morgan fingerprint density at radius 1 is 0.400 bits per heavy atom. The largest absolute Gasteiger partial charge is 0.394 e. The summed E-state index contributed by atoms with van der Waals surface area (Å²) < 4.78 is 0. The lowest BCUT2D eigenvalue weighted by Gasteiger charge is -2.19. The van der Waals surface area contributed by atoms with E-state index in [2.05, 4.69) is 67.8 Å². The van der Waals surface area contributed by atoms with Gasteiger partial charge in [-0.2, -0.15) is 0 Å². The van der Waals surface area contributed by atoms with E-state index >= 15 is 0 Å². The lowest BCUT2D eigenvalue weighted by Crippen LogP contribution is -2.45. The fourth-order valence-electron chi connectivity index (χ4n) is 7.89. The summed E-state index contributed by atoms with van der Waals surface area (Å²) in [6.45, 7) is 4.29. The first kappa shape index (κ1) is 58.1. The van der Waals surface area contributed by atoms with E-state index in [-0.39, 0.29) is 12.5 Å². The van der Waals surface area contributed by atoms with Gasteiger partial charge in [0.25, 0.3) is 0 Å². The first-order valence-electron chi connectivity index (χ1n) is 26.5. The predicted molar refractivity (Wildman–Crippen MR) is 267 cm³/mol. The maximum atomic E-state index is 12.4. The predicted octanol–water partition coefficient (Wildman–Crippen LogP) is 17.2. The van der Waals surface area contributed by atoms with Gasteiger partial charge in [0.1, 0.15) is 0 Å². The molecule has 60 heavy (non-hydrogen) atoms. The first-order chi connectivity index (χ1) is 29.7. The van der Waals surface area contributed by atoms with Crippen LogP contribution in [-0.2, 0) is 4.79 Å². The maximum absolute atomic E-state index is 12.4. The molecule has 4 nitrogen and oxygen atoms in total. The Bertz CT molecular complexity index is 996. The fraction of sp³-hybridized carbons (Fsp3) is 0.804. The van der Waals surface area contributed by atoms with Crippen LogP contribution in [0.5, 0.6) is 0 Å². The highest BCUT2D eigenvalue weighted by atomic mass is 16.3. The van der Waals surface area contributed by atoms with Gasteiger partial charge >= 0.3 is 0 Å². The molecule has 0 radical (unpaired) electrons. The quantitative estimate of drug-likeness (QED) is 0.0422. The van der Waals surface area contributed by atoms with Gasteiger partial charge in [-0.05, 0) is 77.0 Å². The maximum Gasteiger partial charge on any atom is 0.220 e. The van der Waals surface area contributed by atoms with Crippen molar-refractivity contribution in [2.75, 3.05) is 6.61 Å². The lowest BCUT2D eigenvalue weighted by molar-refractivity contribution is -0.123. The summed E-state index contributed by atoms with van der Waals surface area (Å²) >= 11 is 0. The summed E-state index contributed by atoms with van der Waals surface area (Å²) in [7, 11) is 0. The number of allylic oxidation sites excluding steroid dienone is 9. The van der Waals surface area contributed by atoms with E-state index in [1.54, 1.807) is 6.08 Å². The molecule has 2 atom stereocenters. The highest BCUT2D eigenvalue weighted by Crippen LogP contribution is 2.16. The number of nitrogens with one attached hydrogen (secondary N) is 1. The Labute approximate surface area is 375 Å². The van der Waals surface area contributed by atoms with Crippen LogP contribution in [-0.4, -0.2) is 34.9 Å². The number of hydrogen-bond acceptors (Lipinski definition) is 3.